The summed E-state index contributed by atoms with van der Waals surface area (Å²) < 4.78 is 32.6. The van der Waals surface area contributed by atoms with E-state index in [9.17, 15) is 19.0 Å². The highest BCUT2D eigenvalue weighted by Gasteiger charge is 2.25. The van der Waals surface area contributed by atoms with Crippen molar-refractivity contribution in [3.05, 3.63) is 122 Å². The average Bonchev–Trinajstić information content (AvgIpc) is 3.25. The molecular weight excluding hydrogens is 786 g/mol. The van der Waals surface area contributed by atoms with E-state index < -0.39 is 32.5 Å². The molecule has 0 aromatic heterocycles. The predicted octanol–water partition coefficient (Wildman–Crippen LogP) is 13.7. The monoisotopic (exact) mass is 868 g/mol. The molecule has 0 bridgehead atoms. The molecule has 0 radical (unpaired) electrons. The Morgan fingerprint density at radius 2 is 0.902 bits per heavy atom. The SMILES string of the molecule is CC/C=C\C/C=C\C/C=C\C/C=C\C/C=C\C/C=C\C/C=C\C/C=C\C/C=C\C/C=C\CCCCC(=O)OC(COC(=O)CCCCCCCCC)COP(=O)(O)OCCN. The third-order valence-electron chi connectivity index (χ3n) is 8.86. The van der Waals surface area contributed by atoms with E-state index in [4.69, 9.17) is 24.3 Å². The van der Waals surface area contributed by atoms with Crippen LogP contribution in [0.15, 0.2) is 122 Å². The van der Waals surface area contributed by atoms with Gasteiger partial charge in [0.1, 0.15) is 6.61 Å². The molecule has 10 heteroatoms. The zero-order chi connectivity index (χ0) is 44.6. The molecule has 9 nitrogen and oxygen atoms in total. The minimum atomic E-state index is -4.39. The molecule has 0 heterocycles. The zero-order valence-electron chi connectivity index (χ0n) is 37.8. The van der Waals surface area contributed by atoms with Crippen LogP contribution in [0.3, 0.4) is 0 Å². The number of unbranched alkanes of at least 4 members (excludes halogenated alkanes) is 8. The second-order valence-corrected chi connectivity index (χ2v) is 16.0. The molecule has 0 aromatic rings. The third-order valence-corrected chi connectivity index (χ3v) is 9.85. The second kappa shape index (κ2) is 45.9. The number of ether oxygens (including phenoxy) is 2. The summed E-state index contributed by atoms with van der Waals surface area (Å²) in [6.45, 7) is 3.48. The lowest BCUT2D eigenvalue weighted by Crippen LogP contribution is -2.29. The number of carbonyl (C=O) groups excluding carboxylic acids is 2. The van der Waals surface area contributed by atoms with Gasteiger partial charge in [0.2, 0.25) is 0 Å². The molecule has 2 unspecified atom stereocenters. The van der Waals surface area contributed by atoms with Crippen molar-refractivity contribution < 1.29 is 37.6 Å². The highest BCUT2D eigenvalue weighted by atomic mass is 31.2. The molecule has 0 aliphatic rings. The van der Waals surface area contributed by atoms with Gasteiger partial charge in [-0.3, -0.25) is 18.6 Å². The van der Waals surface area contributed by atoms with Gasteiger partial charge in [-0.15, -0.1) is 0 Å². The maximum Gasteiger partial charge on any atom is 0.472 e. The van der Waals surface area contributed by atoms with Gasteiger partial charge in [-0.1, -0.05) is 174 Å². The van der Waals surface area contributed by atoms with Gasteiger partial charge in [0.05, 0.1) is 13.2 Å². The summed E-state index contributed by atoms with van der Waals surface area (Å²) in [5.41, 5.74) is 5.33. The first kappa shape index (κ1) is 57.4. The number of rotatable bonds is 41. The van der Waals surface area contributed by atoms with Gasteiger partial charge in [-0.05, 0) is 89.9 Å². The Kier molecular flexibility index (Phi) is 43.2. The van der Waals surface area contributed by atoms with Gasteiger partial charge in [0, 0.05) is 19.4 Å². The fraction of sp³-hybridized carbons (Fsp3) is 0.569. The van der Waals surface area contributed by atoms with Crippen LogP contribution in [0.4, 0.5) is 0 Å². The molecule has 0 rings (SSSR count). The smallest absolute Gasteiger partial charge is 0.462 e. The topological polar surface area (TPSA) is 134 Å². The summed E-state index contributed by atoms with van der Waals surface area (Å²) in [5.74, 6) is -0.900. The number of phosphoric acid groups is 1. The summed E-state index contributed by atoms with van der Waals surface area (Å²) in [5, 5.41) is 0. The minimum Gasteiger partial charge on any atom is -0.462 e. The molecule has 0 saturated heterocycles. The summed E-state index contributed by atoms with van der Waals surface area (Å²) in [6, 6.07) is 0. The highest BCUT2D eigenvalue weighted by molar-refractivity contribution is 7.47. The van der Waals surface area contributed by atoms with Crippen molar-refractivity contribution in [2.75, 3.05) is 26.4 Å². The van der Waals surface area contributed by atoms with E-state index in [1.54, 1.807) is 0 Å². The number of phosphoric ester groups is 1. The molecule has 0 aromatic carbocycles. The van der Waals surface area contributed by atoms with Crippen molar-refractivity contribution in [2.45, 2.75) is 161 Å². The lowest BCUT2D eigenvalue weighted by atomic mass is 10.1. The van der Waals surface area contributed by atoms with Crippen LogP contribution in [-0.4, -0.2) is 49.3 Å². The van der Waals surface area contributed by atoms with Crippen molar-refractivity contribution in [1.82, 2.24) is 0 Å². The zero-order valence-corrected chi connectivity index (χ0v) is 38.7. The van der Waals surface area contributed by atoms with Crippen molar-refractivity contribution >= 4 is 19.8 Å². The number of esters is 2. The van der Waals surface area contributed by atoms with Crippen molar-refractivity contribution in [2.24, 2.45) is 5.73 Å². The van der Waals surface area contributed by atoms with E-state index in [2.05, 4.69) is 135 Å². The van der Waals surface area contributed by atoms with Crippen LogP contribution >= 0.6 is 7.82 Å². The standard InChI is InChI=1S/C51H82NO8P/c1-3-5-7-9-11-12-13-14-15-16-17-18-19-20-21-22-23-24-25-26-27-28-29-30-31-32-33-34-35-36-38-40-42-44-51(54)60-49(48-59-61(55,56)58-46-45-52)47-57-50(53)43-41-39-37-10-8-6-4-2/h5,7,11-12,14-15,17-18,20-21,23-24,26-27,29-30,32-33,35-36,49H,3-4,6,8-10,13,16,19,22,25,28,31,34,37-48,52H2,1-2H3,(H,55,56)/b7-5-,12-11-,15-14-,18-17-,21-20-,24-23-,27-26-,30-29-,33-32-,36-35-. The fourth-order valence-corrected chi connectivity index (χ4v) is 6.25. The molecular formula is C51H82NO8P. The van der Waals surface area contributed by atoms with Crippen molar-refractivity contribution in [3.63, 3.8) is 0 Å². The van der Waals surface area contributed by atoms with E-state index in [1.807, 2.05) is 0 Å². The Balaban J connectivity index is 4.12. The molecule has 0 saturated carbocycles. The summed E-state index contributed by atoms with van der Waals surface area (Å²) in [7, 11) is -4.39. The summed E-state index contributed by atoms with van der Waals surface area (Å²) in [6.07, 6.45) is 62.7. The van der Waals surface area contributed by atoms with Crippen LogP contribution in [0.2, 0.25) is 0 Å². The molecule has 0 aliphatic carbocycles. The Morgan fingerprint density at radius 3 is 1.34 bits per heavy atom. The molecule has 344 valence electrons. The lowest BCUT2D eigenvalue weighted by Gasteiger charge is -2.19. The van der Waals surface area contributed by atoms with E-state index in [0.29, 0.717) is 6.42 Å². The van der Waals surface area contributed by atoms with E-state index in [-0.39, 0.29) is 32.6 Å². The first-order valence-corrected chi connectivity index (χ1v) is 24.5. The largest absolute Gasteiger partial charge is 0.472 e. The average molecular weight is 868 g/mol. The fourth-order valence-electron chi connectivity index (χ4n) is 5.48. The number of nitrogens with two attached hydrogens (primary N) is 1. The van der Waals surface area contributed by atoms with Crippen LogP contribution in [0.1, 0.15) is 155 Å². The Hall–Kier alpha value is -3.59. The number of allylic oxidation sites excluding steroid dienone is 20. The van der Waals surface area contributed by atoms with Crippen molar-refractivity contribution in [3.8, 4) is 0 Å². The summed E-state index contributed by atoms with van der Waals surface area (Å²) in [4.78, 5) is 34.7. The third kappa shape index (κ3) is 45.8. The normalized spacial score (nSPS) is 14.4. The van der Waals surface area contributed by atoms with Gasteiger partial charge in [-0.2, -0.15) is 0 Å². The number of hydrogen-bond acceptors (Lipinski definition) is 8. The van der Waals surface area contributed by atoms with Gasteiger partial charge in [-0.25, -0.2) is 4.57 Å². The van der Waals surface area contributed by atoms with Crippen LogP contribution < -0.4 is 5.73 Å². The molecule has 0 aliphatic heterocycles. The molecule has 61 heavy (non-hydrogen) atoms. The lowest BCUT2D eigenvalue weighted by molar-refractivity contribution is -0.161. The Bertz CT molecular complexity index is 1400. The predicted molar refractivity (Wildman–Crippen MR) is 256 cm³/mol. The molecule has 0 amide bonds. The maximum atomic E-state index is 12.5. The first-order chi connectivity index (χ1) is 29.8. The van der Waals surface area contributed by atoms with Gasteiger partial charge in [0.15, 0.2) is 6.10 Å². The molecule has 3 N–H and O–H groups in total. The molecule has 0 spiro atoms. The quantitative estimate of drug-likeness (QED) is 0.0266. The second-order valence-electron chi connectivity index (χ2n) is 14.5. The van der Waals surface area contributed by atoms with Crippen LogP contribution in [0, 0.1) is 0 Å². The maximum absolute atomic E-state index is 12.5. The van der Waals surface area contributed by atoms with E-state index in [0.717, 1.165) is 103 Å². The Labute approximate surface area is 371 Å². The number of carbonyl (C=O) groups is 2. The first-order valence-electron chi connectivity index (χ1n) is 23.0. The molecule has 2 atom stereocenters. The van der Waals surface area contributed by atoms with Crippen LogP contribution in [-0.2, 0) is 32.7 Å². The highest BCUT2D eigenvalue weighted by Crippen LogP contribution is 2.43. The van der Waals surface area contributed by atoms with E-state index in [1.165, 1.54) is 19.3 Å². The summed E-state index contributed by atoms with van der Waals surface area (Å²) >= 11 is 0. The van der Waals surface area contributed by atoms with Gasteiger partial charge < -0.3 is 20.1 Å². The van der Waals surface area contributed by atoms with Gasteiger partial charge >= 0.3 is 19.8 Å². The molecule has 0 fully saturated rings. The van der Waals surface area contributed by atoms with E-state index >= 15 is 0 Å². The van der Waals surface area contributed by atoms with Gasteiger partial charge in [0.25, 0.3) is 0 Å². The Morgan fingerprint density at radius 1 is 0.508 bits per heavy atom. The van der Waals surface area contributed by atoms with Crippen LogP contribution in [0.5, 0.6) is 0 Å². The van der Waals surface area contributed by atoms with Crippen molar-refractivity contribution in [1.29, 1.82) is 0 Å². The minimum absolute atomic E-state index is 0.0400. The van der Waals surface area contributed by atoms with Crippen LogP contribution in [0.25, 0.3) is 0 Å². The number of hydrogen-bond donors (Lipinski definition) is 2.